The molecule has 0 fully saturated rings. The molecule has 0 amide bonds. The van der Waals surface area contributed by atoms with E-state index in [1.54, 1.807) is 41.6 Å². The van der Waals surface area contributed by atoms with Crippen molar-refractivity contribution in [3.8, 4) is 0 Å². The second kappa shape index (κ2) is 37.2. The SMILES string of the molecule is CC(C)[Si](C1=C([Si](C(C)C)(C(C)C)C(C)C)C2=C=C=C=C=C3C(=C=C=C=C=C4C(=C=C=C=C=C5C(=C=C=C=C=C21)C([Si](C(C)C)(C(C)C)C(C)C)=C5[Si](C(C)C)(C(C)C)C(C)C)C([Si](C(C)C)(C(C)C)C(C)C)=C4[Si](C(C)C)(C(C)C)C(C)C)C([Si](C(C)C)(C(C)C)C(C)C)=C3[Si](C(C)C)(C(C)C)C(C)C)(C(C)C)C(C)C. The van der Waals surface area contributed by atoms with Gasteiger partial charge in [0.15, 0.2) is 0 Å². The van der Waals surface area contributed by atoms with Crippen LogP contribution >= 0.6 is 0 Å². The Balaban J connectivity index is 2.76. The van der Waals surface area contributed by atoms with Gasteiger partial charge in [-0.05, 0) is 220 Å². The monoisotopic (exact) mass is 1640 g/mol. The average Bonchev–Trinajstić information content (AvgIpc) is 0.701. The van der Waals surface area contributed by atoms with Crippen LogP contribution < -0.4 is 0 Å². The first-order valence-corrected chi connectivity index (χ1v) is 63.5. The summed E-state index contributed by atoms with van der Waals surface area (Å²) >= 11 is 0. The number of hydrogen-bond donors (Lipinski definition) is 0. The molecule has 5 aliphatic rings. The zero-order valence-electron chi connectivity index (χ0n) is 81.9. The molecule has 0 aliphatic heterocycles. The lowest BCUT2D eigenvalue weighted by molar-refractivity contribution is 0.804. The minimum absolute atomic E-state index is 0.467. The summed E-state index contributed by atoms with van der Waals surface area (Å²) in [6, 6.07) is 0. The summed E-state index contributed by atoms with van der Waals surface area (Å²) in [7, 11) is -19.5. The summed E-state index contributed by atoms with van der Waals surface area (Å²) in [6.07, 6.45) is 0. The van der Waals surface area contributed by atoms with Gasteiger partial charge in [-0.3, -0.25) is 0 Å². The third-order valence-corrected chi connectivity index (χ3v) is 89.9. The minimum Gasteiger partial charge on any atom is -0.0648 e. The molecule has 0 nitrogen and oxygen atoms in total. The smallest absolute Gasteiger partial charge is 0.0648 e. The third-order valence-electron chi connectivity index (χ3n) is 32.1. The lowest BCUT2D eigenvalue weighted by Gasteiger charge is -2.56. The van der Waals surface area contributed by atoms with E-state index in [9.17, 15) is 0 Å². The maximum Gasteiger partial charge on any atom is 0.0958 e. The second-order valence-electron chi connectivity index (χ2n) is 43.2. The molecule has 0 heterocycles. The molecule has 0 N–H and O–H groups in total. The molecule has 0 saturated carbocycles. The molecule has 8 heteroatoms. The third kappa shape index (κ3) is 14.9. The van der Waals surface area contributed by atoms with Gasteiger partial charge in [0.25, 0.3) is 0 Å². The van der Waals surface area contributed by atoms with E-state index < -0.39 is 64.6 Å². The Bertz CT molecular complexity index is 3460. The van der Waals surface area contributed by atoms with E-state index in [-0.39, 0.29) is 0 Å². The van der Waals surface area contributed by atoms with Crippen molar-refractivity contribution < 1.29 is 0 Å². The van der Waals surface area contributed by atoms with Crippen molar-refractivity contribution in [3.63, 3.8) is 0 Å². The lowest BCUT2D eigenvalue weighted by atomic mass is 9.95. The molecule has 0 radical (unpaired) electrons. The van der Waals surface area contributed by atoms with Crippen LogP contribution in [0, 0.1) is 0 Å². The van der Waals surface area contributed by atoms with Crippen LogP contribution in [0.15, 0.2) is 178 Å². The van der Waals surface area contributed by atoms with Crippen molar-refractivity contribution in [2.24, 2.45) is 0 Å². The fourth-order valence-electron chi connectivity index (χ4n) is 29.9. The van der Waals surface area contributed by atoms with Crippen molar-refractivity contribution in [1.29, 1.82) is 0 Å². The van der Waals surface area contributed by atoms with Gasteiger partial charge in [-0.2, -0.15) is 0 Å². The topological polar surface area (TPSA) is 0 Å². The van der Waals surface area contributed by atoms with E-state index in [0.29, 0.717) is 133 Å². The van der Waals surface area contributed by atoms with Gasteiger partial charge in [0.2, 0.25) is 0 Å². The molecule has 0 bridgehead atoms. The maximum atomic E-state index is 4.11. The van der Waals surface area contributed by atoms with Crippen LogP contribution in [0.4, 0.5) is 0 Å². The van der Waals surface area contributed by atoms with E-state index >= 15 is 0 Å². The molecule has 112 heavy (non-hydrogen) atoms. The maximum absolute atomic E-state index is 4.11. The molecule has 0 aromatic rings. The Kier molecular flexibility index (Phi) is 32.8. The summed E-state index contributed by atoms with van der Waals surface area (Å²) in [6.45, 7) is 123. The fourth-order valence-corrected chi connectivity index (χ4v) is 90.4. The molecule has 5 aliphatic carbocycles. The summed E-state index contributed by atoms with van der Waals surface area (Å²) in [5.74, 6) is 0. The second-order valence-corrected chi connectivity index (χ2v) is 89.8. The predicted molar refractivity (Wildman–Crippen MR) is 521 cm³/mol. The summed E-state index contributed by atoms with van der Waals surface area (Å²) in [5, 5.41) is 13.0. The van der Waals surface area contributed by atoms with E-state index in [4.69, 9.17) is 0 Å². The van der Waals surface area contributed by atoms with Gasteiger partial charge in [0.1, 0.15) is 0 Å². The van der Waals surface area contributed by atoms with Crippen molar-refractivity contribution in [1.82, 2.24) is 0 Å². The molecule has 616 valence electrons. The van der Waals surface area contributed by atoms with Crippen LogP contribution in [-0.4, -0.2) is 64.6 Å². The standard InChI is InChI=1S/C104H168Si8/c1-65(2)105(66(3)4,67(5)6)97-89-57-49-50-59-91-93(101(109(77(25)26,78(27)28)79(29)30)99(91)107(71(13)14,72(15)16)73(17)18)61-53-54-63-95-96(104(112(86(43)44,87(45)46)88(47)48)103(95)111(83(37)38,84(39)40)85(41)42)64-56-55-62-94-92(60-52-51-58-90(89)98(97)106(68(7)8,69(9)10)70(11)12)100(108(74(19)20,75(21)22)76(23)24)102(94)110(80(31)32,81(33)34)82(35)36/h65-88H,1-48H3. The highest BCUT2D eigenvalue weighted by atomic mass is 28.3. The van der Waals surface area contributed by atoms with E-state index in [1.165, 1.54) is 44.6 Å². The van der Waals surface area contributed by atoms with Gasteiger partial charge in [-0.25, -0.2) is 0 Å². The first-order chi connectivity index (χ1) is 51.5. The van der Waals surface area contributed by atoms with E-state index in [1.807, 2.05) is 0 Å². The Morgan fingerprint density at radius 2 is 0.161 bits per heavy atom. The van der Waals surface area contributed by atoms with Crippen molar-refractivity contribution in [2.75, 3.05) is 0 Å². The number of allylic oxidation sites excluding steroid dienone is 16. The van der Waals surface area contributed by atoms with Crippen LogP contribution in [0.2, 0.25) is 133 Å². The van der Waals surface area contributed by atoms with Gasteiger partial charge >= 0.3 is 0 Å². The highest BCUT2D eigenvalue weighted by Crippen LogP contribution is 2.68. The molecule has 0 aromatic carbocycles. The largest absolute Gasteiger partial charge is 0.0958 e. The normalized spacial score (nSPS) is 16.8. The summed E-state index contributed by atoms with van der Waals surface area (Å²) in [4.78, 5) is 0. The highest BCUT2D eigenvalue weighted by molar-refractivity contribution is 7.01. The van der Waals surface area contributed by atoms with E-state index in [0.717, 1.165) is 0 Å². The summed E-state index contributed by atoms with van der Waals surface area (Å²) in [5.41, 5.74) is 84.0. The molecule has 0 atom stereocenters. The molecule has 0 saturated heterocycles. The van der Waals surface area contributed by atoms with Crippen molar-refractivity contribution >= 4 is 64.6 Å². The van der Waals surface area contributed by atoms with Gasteiger partial charge in [-0.1, -0.05) is 378 Å². The number of hydrogen-bond acceptors (Lipinski definition) is 0. The quantitative estimate of drug-likeness (QED) is 0.0465. The Hall–Kier alpha value is -3.86. The molecule has 0 aromatic heterocycles. The van der Waals surface area contributed by atoms with Gasteiger partial charge in [0, 0.05) is 44.6 Å². The molecule has 0 spiro atoms. The first-order valence-electron chi connectivity index (χ1n) is 45.6. The Morgan fingerprint density at radius 3 is 0.205 bits per heavy atom. The van der Waals surface area contributed by atoms with Gasteiger partial charge in [0.05, 0.1) is 64.6 Å². The van der Waals surface area contributed by atoms with Crippen LogP contribution in [0.5, 0.6) is 0 Å². The van der Waals surface area contributed by atoms with Gasteiger partial charge < -0.3 is 0 Å². The molecular formula is C104H168Si8. The fraction of sp³-hybridized carbons (Fsp3) is 0.692. The average molecular weight is 1640 g/mol. The number of rotatable bonds is 32. The van der Waals surface area contributed by atoms with E-state index in [2.05, 4.69) is 424 Å². The molecular weight excluding hydrogens is 1470 g/mol. The lowest BCUT2D eigenvalue weighted by Crippen LogP contribution is -2.57. The highest BCUT2D eigenvalue weighted by Gasteiger charge is 2.65. The Morgan fingerprint density at radius 1 is 0.107 bits per heavy atom. The molecule has 5 rings (SSSR count). The Labute approximate surface area is 702 Å². The van der Waals surface area contributed by atoms with Crippen LogP contribution in [-0.2, 0) is 0 Å². The van der Waals surface area contributed by atoms with Crippen LogP contribution in [0.3, 0.4) is 0 Å². The van der Waals surface area contributed by atoms with Gasteiger partial charge in [-0.15, -0.1) is 0 Å². The molecule has 0 unspecified atom stereocenters. The van der Waals surface area contributed by atoms with Crippen LogP contribution in [0.1, 0.15) is 332 Å². The number of fused-ring (bicyclic) bond motifs is 4. The minimum atomic E-state index is -2.44. The predicted octanol–water partition coefficient (Wildman–Crippen LogP) is 34.7. The van der Waals surface area contributed by atoms with Crippen LogP contribution in [0.25, 0.3) is 0 Å². The zero-order chi connectivity index (χ0) is 86.4. The zero-order valence-corrected chi connectivity index (χ0v) is 89.9. The van der Waals surface area contributed by atoms with Crippen molar-refractivity contribution in [2.45, 2.75) is 465 Å². The summed E-state index contributed by atoms with van der Waals surface area (Å²) < 4.78 is 0. The van der Waals surface area contributed by atoms with Crippen molar-refractivity contribution in [3.05, 3.63) is 178 Å². The first kappa shape index (κ1) is 98.7.